The van der Waals surface area contributed by atoms with Crippen molar-refractivity contribution in [1.82, 2.24) is 5.32 Å². The van der Waals surface area contributed by atoms with Crippen LogP contribution in [-0.4, -0.2) is 23.0 Å². The number of hydrogen-bond donors (Lipinski definition) is 2. The van der Waals surface area contributed by atoms with Gasteiger partial charge < -0.3 is 14.8 Å². The fraction of sp³-hybridized carbons (Fsp3) is 0.455. The molecule has 0 spiro atoms. The molecule has 1 saturated carbocycles. The molecule has 2 rings (SSSR count). The normalized spacial score (nSPS) is 23.6. The Morgan fingerprint density at radius 2 is 2.18 bits per heavy atom. The number of amides is 1. The molecule has 2 N–H and O–H groups in total. The molecular formula is C11H12ClNO4. The smallest absolute Gasteiger partial charge is 0.308 e. The van der Waals surface area contributed by atoms with Gasteiger partial charge in [0.15, 0.2) is 11.0 Å². The second kappa shape index (κ2) is 4.79. The average Bonchev–Trinajstić information content (AvgIpc) is 2.86. The van der Waals surface area contributed by atoms with E-state index in [1.54, 1.807) is 0 Å². The highest BCUT2D eigenvalue weighted by Gasteiger charge is 2.34. The Labute approximate surface area is 103 Å². The molecule has 5 nitrogen and oxygen atoms in total. The van der Waals surface area contributed by atoms with Crippen molar-refractivity contribution in [3.63, 3.8) is 0 Å². The molecule has 1 aliphatic rings. The molecule has 1 amide bonds. The van der Waals surface area contributed by atoms with E-state index in [1.165, 1.54) is 12.1 Å². The minimum atomic E-state index is -0.870. The van der Waals surface area contributed by atoms with Crippen LogP contribution in [0, 0.1) is 5.92 Å². The molecule has 6 heteroatoms. The lowest BCUT2D eigenvalue weighted by Gasteiger charge is -2.16. The Balaban J connectivity index is 2.01. The van der Waals surface area contributed by atoms with Crippen LogP contribution in [0.25, 0.3) is 0 Å². The van der Waals surface area contributed by atoms with Crippen LogP contribution in [-0.2, 0) is 4.79 Å². The number of carbonyl (C=O) groups is 2. The number of halogens is 1. The van der Waals surface area contributed by atoms with Gasteiger partial charge >= 0.3 is 5.97 Å². The van der Waals surface area contributed by atoms with E-state index >= 15 is 0 Å². The maximum absolute atomic E-state index is 11.7. The second-order valence-electron chi connectivity index (χ2n) is 4.06. The van der Waals surface area contributed by atoms with Gasteiger partial charge in [-0.3, -0.25) is 9.59 Å². The Kier molecular flexibility index (Phi) is 3.38. The summed E-state index contributed by atoms with van der Waals surface area (Å²) in [5.41, 5.74) is 0. The Morgan fingerprint density at radius 3 is 2.76 bits per heavy atom. The van der Waals surface area contributed by atoms with E-state index < -0.39 is 17.8 Å². The number of furan rings is 1. The molecule has 0 saturated heterocycles. The third kappa shape index (κ3) is 2.61. The lowest BCUT2D eigenvalue weighted by molar-refractivity contribution is -0.142. The summed E-state index contributed by atoms with van der Waals surface area (Å²) in [4.78, 5) is 22.7. The van der Waals surface area contributed by atoms with E-state index in [-0.39, 0.29) is 17.0 Å². The SMILES string of the molecule is O=C(N[C@@H]1CCC[C@H]1C(=O)O)c1ccc(Cl)o1. The van der Waals surface area contributed by atoms with Gasteiger partial charge in [0.25, 0.3) is 5.91 Å². The molecule has 0 aliphatic heterocycles. The third-order valence-corrected chi connectivity index (χ3v) is 3.15. The molecule has 2 atom stereocenters. The minimum Gasteiger partial charge on any atom is -0.481 e. The highest BCUT2D eigenvalue weighted by atomic mass is 35.5. The first-order valence-corrected chi connectivity index (χ1v) is 5.74. The van der Waals surface area contributed by atoms with Gasteiger partial charge in [0.2, 0.25) is 0 Å². The molecule has 1 fully saturated rings. The number of rotatable bonds is 3. The van der Waals surface area contributed by atoms with Crippen molar-refractivity contribution in [3.8, 4) is 0 Å². The highest BCUT2D eigenvalue weighted by molar-refractivity contribution is 6.29. The first-order valence-electron chi connectivity index (χ1n) is 5.37. The van der Waals surface area contributed by atoms with Crippen LogP contribution in [0.1, 0.15) is 29.8 Å². The summed E-state index contributed by atoms with van der Waals surface area (Å²) in [6.07, 6.45) is 2.08. The van der Waals surface area contributed by atoms with Gasteiger partial charge in [0.1, 0.15) is 0 Å². The van der Waals surface area contributed by atoms with Crippen molar-refractivity contribution >= 4 is 23.5 Å². The number of aliphatic carboxylic acids is 1. The minimum absolute atomic E-state index is 0.103. The van der Waals surface area contributed by atoms with Crippen molar-refractivity contribution in [3.05, 3.63) is 23.1 Å². The molecule has 1 aromatic rings. The monoisotopic (exact) mass is 257 g/mol. The molecule has 17 heavy (non-hydrogen) atoms. The lowest BCUT2D eigenvalue weighted by atomic mass is 10.0. The Hall–Kier alpha value is -1.49. The Morgan fingerprint density at radius 1 is 1.41 bits per heavy atom. The second-order valence-corrected chi connectivity index (χ2v) is 4.43. The van der Waals surface area contributed by atoms with Crippen LogP contribution in [0.2, 0.25) is 5.22 Å². The largest absolute Gasteiger partial charge is 0.481 e. The molecular weight excluding hydrogens is 246 g/mol. The van der Waals surface area contributed by atoms with E-state index in [9.17, 15) is 9.59 Å². The maximum Gasteiger partial charge on any atom is 0.308 e. The summed E-state index contributed by atoms with van der Waals surface area (Å²) in [6.45, 7) is 0. The van der Waals surface area contributed by atoms with Gasteiger partial charge in [0.05, 0.1) is 5.92 Å². The molecule has 92 valence electrons. The van der Waals surface area contributed by atoms with Gasteiger partial charge in [-0.05, 0) is 36.6 Å². The maximum atomic E-state index is 11.7. The van der Waals surface area contributed by atoms with E-state index in [2.05, 4.69) is 5.32 Å². The number of carboxylic acids is 1. The van der Waals surface area contributed by atoms with Gasteiger partial charge in [-0.2, -0.15) is 0 Å². The zero-order chi connectivity index (χ0) is 12.4. The standard InChI is InChI=1S/C11H12ClNO4/c12-9-5-4-8(17-9)10(14)13-7-3-1-2-6(7)11(15)16/h4-7H,1-3H2,(H,13,14)(H,15,16)/t6-,7-/m1/s1. The first kappa shape index (κ1) is 12.0. The third-order valence-electron chi connectivity index (χ3n) is 2.95. The molecule has 1 aliphatic carbocycles. The predicted octanol–water partition coefficient (Wildman–Crippen LogP) is 1.92. The molecule has 0 radical (unpaired) electrons. The molecule has 0 aromatic carbocycles. The summed E-state index contributed by atoms with van der Waals surface area (Å²) >= 11 is 5.56. The Bertz CT molecular complexity index is 442. The van der Waals surface area contributed by atoms with E-state index in [0.717, 1.165) is 6.42 Å². The van der Waals surface area contributed by atoms with E-state index in [0.29, 0.717) is 12.8 Å². The van der Waals surface area contributed by atoms with Crippen LogP contribution < -0.4 is 5.32 Å². The van der Waals surface area contributed by atoms with Crippen molar-refractivity contribution < 1.29 is 19.1 Å². The zero-order valence-corrected chi connectivity index (χ0v) is 9.74. The summed E-state index contributed by atoms with van der Waals surface area (Å²) in [6, 6.07) is 2.60. The van der Waals surface area contributed by atoms with Crippen LogP contribution in [0.4, 0.5) is 0 Å². The fourth-order valence-corrected chi connectivity index (χ4v) is 2.25. The van der Waals surface area contributed by atoms with Crippen molar-refractivity contribution in [2.24, 2.45) is 5.92 Å². The molecule has 1 heterocycles. The van der Waals surface area contributed by atoms with Crippen LogP contribution in [0.5, 0.6) is 0 Å². The highest BCUT2D eigenvalue weighted by Crippen LogP contribution is 2.26. The number of nitrogens with one attached hydrogen (secondary N) is 1. The lowest BCUT2D eigenvalue weighted by Crippen LogP contribution is -2.40. The van der Waals surface area contributed by atoms with Gasteiger partial charge in [0, 0.05) is 6.04 Å². The van der Waals surface area contributed by atoms with Gasteiger partial charge in [-0.25, -0.2) is 0 Å². The van der Waals surface area contributed by atoms with Crippen LogP contribution >= 0.6 is 11.6 Å². The predicted molar refractivity (Wildman–Crippen MR) is 59.9 cm³/mol. The topological polar surface area (TPSA) is 79.5 Å². The summed E-state index contributed by atoms with van der Waals surface area (Å²) in [5, 5.41) is 11.8. The molecule has 0 unspecified atom stereocenters. The van der Waals surface area contributed by atoms with Gasteiger partial charge in [-0.15, -0.1) is 0 Å². The molecule has 0 bridgehead atoms. The summed E-state index contributed by atoms with van der Waals surface area (Å²) in [7, 11) is 0. The summed E-state index contributed by atoms with van der Waals surface area (Å²) in [5.74, 6) is -1.70. The number of carboxylic acid groups (broad SMARTS) is 1. The number of hydrogen-bond acceptors (Lipinski definition) is 3. The fourth-order valence-electron chi connectivity index (χ4n) is 2.10. The van der Waals surface area contributed by atoms with E-state index in [1.807, 2.05) is 0 Å². The van der Waals surface area contributed by atoms with Gasteiger partial charge in [-0.1, -0.05) is 6.42 Å². The number of carbonyl (C=O) groups excluding carboxylic acids is 1. The van der Waals surface area contributed by atoms with Crippen molar-refractivity contribution in [2.45, 2.75) is 25.3 Å². The quantitative estimate of drug-likeness (QED) is 0.867. The van der Waals surface area contributed by atoms with Crippen LogP contribution in [0.15, 0.2) is 16.5 Å². The van der Waals surface area contributed by atoms with Crippen LogP contribution in [0.3, 0.4) is 0 Å². The van der Waals surface area contributed by atoms with Crippen molar-refractivity contribution in [2.75, 3.05) is 0 Å². The molecule has 1 aromatic heterocycles. The van der Waals surface area contributed by atoms with E-state index in [4.69, 9.17) is 21.1 Å². The summed E-state index contributed by atoms with van der Waals surface area (Å²) < 4.78 is 4.96. The first-order chi connectivity index (χ1) is 8.08. The zero-order valence-electron chi connectivity index (χ0n) is 8.98. The van der Waals surface area contributed by atoms with Crippen molar-refractivity contribution in [1.29, 1.82) is 0 Å². The average molecular weight is 258 g/mol.